The van der Waals surface area contributed by atoms with Crippen LogP contribution in [0.15, 0.2) is 18.2 Å². The Labute approximate surface area is 106 Å². The Morgan fingerprint density at radius 3 is 2.61 bits per heavy atom. The number of rotatable bonds is 6. The summed E-state index contributed by atoms with van der Waals surface area (Å²) in [6, 6.07) is 3.91. The predicted molar refractivity (Wildman–Crippen MR) is 69.1 cm³/mol. The van der Waals surface area contributed by atoms with Crippen molar-refractivity contribution in [1.82, 2.24) is 5.32 Å². The van der Waals surface area contributed by atoms with Gasteiger partial charge in [0.1, 0.15) is 5.82 Å². The second-order valence-corrected chi connectivity index (χ2v) is 4.64. The summed E-state index contributed by atoms with van der Waals surface area (Å²) in [7, 11) is 0. The van der Waals surface area contributed by atoms with Crippen molar-refractivity contribution in [3.8, 4) is 0 Å². The lowest BCUT2D eigenvalue weighted by Gasteiger charge is -2.21. The van der Waals surface area contributed by atoms with Crippen molar-refractivity contribution in [2.45, 2.75) is 33.2 Å². The Morgan fingerprint density at radius 2 is 2.11 bits per heavy atom. The van der Waals surface area contributed by atoms with Gasteiger partial charge in [-0.25, -0.2) is 4.39 Å². The fraction of sp³-hybridized carbons (Fsp3) is 0.538. The third-order valence-corrected chi connectivity index (χ3v) is 2.95. The van der Waals surface area contributed by atoms with Gasteiger partial charge >= 0.3 is 0 Å². The zero-order valence-electron chi connectivity index (χ0n) is 10.9. The van der Waals surface area contributed by atoms with E-state index in [9.17, 15) is 14.5 Å². The van der Waals surface area contributed by atoms with E-state index in [-0.39, 0.29) is 11.7 Å². The lowest BCUT2D eigenvalue weighted by molar-refractivity contribution is -0.385. The topological polar surface area (TPSA) is 55.2 Å². The van der Waals surface area contributed by atoms with Gasteiger partial charge in [0.2, 0.25) is 0 Å². The van der Waals surface area contributed by atoms with Gasteiger partial charge in [-0.15, -0.1) is 0 Å². The maximum atomic E-state index is 13.0. The summed E-state index contributed by atoms with van der Waals surface area (Å²) in [5.41, 5.74) is 0.430. The normalized spacial score (nSPS) is 12.7. The molecular formula is C13H19FN2O2. The van der Waals surface area contributed by atoms with Crippen molar-refractivity contribution in [3.05, 3.63) is 39.7 Å². The van der Waals surface area contributed by atoms with Crippen molar-refractivity contribution in [1.29, 1.82) is 0 Å². The SMILES string of the molecule is CCNC(Cc1ccc(F)cc1[N+](=O)[O-])C(C)C. The van der Waals surface area contributed by atoms with Crippen LogP contribution in [0.4, 0.5) is 10.1 Å². The lowest BCUT2D eigenvalue weighted by atomic mass is 9.95. The highest BCUT2D eigenvalue weighted by Crippen LogP contribution is 2.22. The molecule has 5 heteroatoms. The number of nitro groups is 1. The molecule has 0 aliphatic carbocycles. The molecule has 0 saturated carbocycles. The van der Waals surface area contributed by atoms with E-state index in [0.29, 0.717) is 17.9 Å². The zero-order valence-corrected chi connectivity index (χ0v) is 10.9. The second kappa shape index (κ2) is 6.44. The highest BCUT2D eigenvalue weighted by molar-refractivity contribution is 5.41. The number of nitrogens with zero attached hydrogens (tertiary/aromatic N) is 1. The molecule has 0 aliphatic heterocycles. The molecule has 1 unspecified atom stereocenters. The summed E-state index contributed by atoms with van der Waals surface area (Å²) in [5.74, 6) is -0.218. The summed E-state index contributed by atoms with van der Waals surface area (Å²) in [6.45, 7) is 6.91. The molecule has 0 saturated heterocycles. The van der Waals surface area contributed by atoms with E-state index in [1.54, 1.807) is 0 Å². The summed E-state index contributed by atoms with van der Waals surface area (Å²) in [5, 5.41) is 14.2. The van der Waals surface area contributed by atoms with Crippen LogP contribution in [-0.2, 0) is 6.42 Å². The molecule has 0 amide bonds. The number of halogens is 1. The first kappa shape index (κ1) is 14.6. The molecule has 1 aromatic carbocycles. The first-order valence-electron chi connectivity index (χ1n) is 6.11. The van der Waals surface area contributed by atoms with Gasteiger partial charge in [0.15, 0.2) is 0 Å². The number of nitrogens with one attached hydrogen (secondary N) is 1. The van der Waals surface area contributed by atoms with Crippen molar-refractivity contribution in [2.24, 2.45) is 5.92 Å². The van der Waals surface area contributed by atoms with E-state index in [0.717, 1.165) is 12.6 Å². The highest BCUT2D eigenvalue weighted by Gasteiger charge is 2.20. The number of hydrogen-bond acceptors (Lipinski definition) is 3. The smallest absolute Gasteiger partial charge is 0.275 e. The first-order valence-corrected chi connectivity index (χ1v) is 6.11. The van der Waals surface area contributed by atoms with Gasteiger partial charge in [0.25, 0.3) is 5.69 Å². The molecule has 0 fully saturated rings. The summed E-state index contributed by atoms with van der Waals surface area (Å²) >= 11 is 0. The predicted octanol–water partition coefficient (Wildman–Crippen LogP) is 2.91. The van der Waals surface area contributed by atoms with Crippen LogP contribution in [0.5, 0.6) is 0 Å². The van der Waals surface area contributed by atoms with Crippen LogP contribution in [0, 0.1) is 21.8 Å². The number of hydrogen-bond donors (Lipinski definition) is 1. The third kappa shape index (κ3) is 3.77. The first-order chi connectivity index (χ1) is 8.45. The third-order valence-electron chi connectivity index (χ3n) is 2.95. The Hall–Kier alpha value is -1.49. The van der Waals surface area contributed by atoms with Gasteiger partial charge in [0.05, 0.1) is 11.0 Å². The summed E-state index contributed by atoms with van der Waals surface area (Å²) < 4.78 is 13.0. The van der Waals surface area contributed by atoms with E-state index in [1.807, 2.05) is 6.92 Å². The standard InChI is InChI=1S/C13H19FN2O2/c1-4-15-12(9(2)3)7-10-5-6-11(14)8-13(10)16(17)18/h5-6,8-9,12,15H,4,7H2,1-3H3. The minimum Gasteiger partial charge on any atom is -0.314 e. The number of benzene rings is 1. The van der Waals surface area contributed by atoms with Crippen LogP contribution in [0.2, 0.25) is 0 Å². The summed E-state index contributed by atoms with van der Waals surface area (Å²) in [6.07, 6.45) is 0.530. The Balaban J connectivity index is 2.98. The molecule has 1 aromatic rings. The molecule has 0 aliphatic rings. The van der Waals surface area contributed by atoms with Gasteiger partial charge in [-0.1, -0.05) is 20.8 Å². The maximum Gasteiger partial charge on any atom is 0.275 e. The molecule has 100 valence electrons. The van der Waals surface area contributed by atoms with Crippen molar-refractivity contribution < 1.29 is 9.31 Å². The number of nitro benzene ring substituents is 1. The van der Waals surface area contributed by atoms with E-state index in [2.05, 4.69) is 19.2 Å². The van der Waals surface area contributed by atoms with E-state index in [1.165, 1.54) is 12.1 Å². The van der Waals surface area contributed by atoms with E-state index >= 15 is 0 Å². The number of likely N-dealkylation sites (N-methyl/N-ethyl adjacent to an activating group) is 1. The molecule has 0 bridgehead atoms. The van der Waals surface area contributed by atoms with Crippen LogP contribution < -0.4 is 5.32 Å². The van der Waals surface area contributed by atoms with Crippen LogP contribution in [0.3, 0.4) is 0 Å². The molecule has 0 aromatic heterocycles. The largest absolute Gasteiger partial charge is 0.314 e. The van der Waals surface area contributed by atoms with Gasteiger partial charge in [-0.05, 0) is 31.0 Å². The average Bonchev–Trinajstić information content (AvgIpc) is 2.30. The Kier molecular flexibility index (Phi) is 5.22. The van der Waals surface area contributed by atoms with Gasteiger partial charge < -0.3 is 5.32 Å². The van der Waals surface area contributed by atoms with Crippen molar-refractivity contribution in [3.63, 3.8) is 0 Å². The van der Waals surface area contributed by atoms with Gasteiger partial charge in [-0.3, -0.25) is 10.1 Å². The minimum atomic E-state index is -0.574. The fourth-order valence-corrected chi connectivity index (χ4v) is 1.92. The quantitative estimate of drug-likeness (QED) is 0.627. The maximum absolute atomic E-state index is 13.0. The lowest BCUT2D eigenvalue weighted by Crippen LogP contribution is -2.35. The summed E-state index contributed by atoms with van der Waals surface area (Å²) in [4.78, 5) is 10.4. The Bertz CT molecular complexity index is 421. The van der Waals surface area contributed by atoms with Gasteiger partial charge in [0, 0.05) is 11.6 Å². The van der Waals surface area contributed by atoms with E-state index in [4.69, 9.17) is 0 Å². The fourth-order valence-electron chi connectivity index (χ4n) is 1.92. The van der Waals surface area contributed by atoms with Crippen LogP contribution in [-0.4, -0.2) is 17.5 Å². The van der Waals surface area contributed by atoms with Gasteiger partial charge in [-0.2, -0.15) is 0 Å². The molecule has 1 N–H and O–H groups in total. The molecule has 1 rings (SSSR count). The monoisotopic (exact) mass is 254 g/mol. The van der Waals surface area contributed by atoms with E-state index < -0.39 is 10.7 Å². The second-order valence-electron chi connectivity index (χ2n) is 4.64. The molecule has 0 spiro atoms. The molecule has 18 heavy (non-hydrogen) atoms. The molecule has 0 heterocycles. The average molecular weight is 254 g/mol. The van der Waals surface area contributed by atoms with Crippen LogP contribution in [0.25, 0.3) is 0 Å². The van der Waals surface area contributed by atoms with Crippen LogP contribution >= 0.6 is 0 Å². The zero-order chi connectivity index (χ0) is 13.7. The highest BCUT2D eigenvalue weighted by atomic mass is 19.1. The minimum absolute atomic E-state index is 0.140. The Morgan fingerprint density at radius 1 is 1.44 bits per heavy atom. The molecule has 4 nitrogen and oxygen atoms in total. The van der Waals surface area contributed by atoms with Crippen LogP contribution in [0.1, 0.15) is 26.3 Å². The molecule has 0 radical (unpaired) electrons. The molecule has 1 atom stereocenters. The van der Waals surface area contributed by atoms with Crippen molar-refractivity contribution in [2.75, 3.05) is 6.54 Å². The van der Waals surface area contributed by atoms with Crippen molar-refractivity contribution >= 4 is 5.69 Å². The molecular weight excluding hydrogens is 235 g/mol.